The minimum absolute atomic E-state index is 0.00848. The second kappa shape index (κ2) is 8.73. The summed E-state index contributed by atoms with van der Waals surface area (Å²) in [5, 5.41) is 12.6. The Morgan fingerprint density at radius 1 is 1.38 bits per heavy atom. The molecule has 24 heavy (non-hydrogen) atoms. The van der Waals surface area contributed by atoms with E-state index < -0.39 is 0 Å². The van der Waals surface area contributed by atoms with Crippen molar-refractivity contribution >= 4 is 17.5 Å². The first-order valence-electron chi connectivity index (χ1n) is 7.51. The molecule has 2 rings (SSSR count). The normalized spacial score (nSPS) is 12.0. The van der Waals surface area contributed by atoms with E-state index in [0.717, 1.165) is 5.56 Å². The molecule has 0 radical (unpaired) electrons. The number of aliphatic hydroxyl groups excluding tert-OH is 1. The van der Waals surface area contributed by atoms with Crippen LogP contribution in [0, 0.1) is 6.92 Å². The third-order valence-corrected chi connectivity index (χ3v) is 3.89. The molecular formula is C17H20ClN3O3. The molecule has 1 aromatic carbocycles. The summed E-state index contributed by atoms with van der Waals surface area (Å²) in [6.45, 7) is 2.34. The van der Waals surface area contributed by atoms with E-state index in [2.05, 4.69) is 15.3 Å². The number of hydrogen-bond acceptors (Lipinski definition) is 5. The van der Waals surface area contributed by atoms with Gasteiger partial charge in [0, 0.05) is 30.8 Å². The molecule has 6 nitrogen and oxygen atoms in total. The number of carbonyl (C=O) groups is 1. The van der Waals surface area contributed by atoms with Crippen LogP contribution in [-0.2, 0) is 11.3 Å². The van der Waals surface area contributed by atoms with Gasteiger partial charge in [-0.15, -0.1) is 0 Å². The van der Waals surface area contributed by atoms with E-state index >= 15 is 0 Å². The Morgan fingerprint density at radius 2 is 2.08 bits per heavy atom. The van der Waals surface area contributed by atoms with Gasteiger partial charge in [0.2, 0.25) is 0 Å². The maximum Gasteiger partial charge on any atom is 0.254 e. The van der Waals surface area contributed by atoms with Gasteiger partial charge in [0.15, 0.2) is 5.82 Å². The third kappa shape index (κ3) is 4.74. The standard InChI is InChI=1S/C17H20ClN3O3/c1-11-15(8-19-16(9-22)21-11)17(23)20-7-13(10-24-2)12-3-5-14(18)6-4-12/h3-6,8,13,22H,7,9-10H2,1-2H3,(H,20,23). The van der Waals surface area contributed by atoms with Crippen molar-refractivity contribution in [3.05, 3.63) is 58.1 Å². The molecule has 0 aliphatic carbocycles. The molecule has 1 atom stereocenters. The van der Waals surface area contributed by atoms with E-state index in [1.54, 1.807) is 14.0 Å². The van der Waals surface area contributed by atoms with Crippen molar-refractivity contribution in [2.75, 3.05) is 20.3 Å². The molecule has 128 valence electrons. The van der Waals surface area contributed by atoms with Gasteiger partial charge in [0.05, 0.1) is 17.9 Å². The average molecular weight is 350 g/mol. The number of nitrogens with one attached hydrogen (secondary N) is 1. The van der Waals surface area contributed by atoms with Gasteiger partial charge in [0.25, 0.3) is 5.91 Å². The average Bonchev–Trinajstić information content (AvgIpc) is 2.59. The molecule has 0 spiro atoms. The molecule has 2 aromatic rings. The highest BCUT2D eigenvalue weighted by atomic mass is 35.5. The van der Waals surface area contributed by atoms with E-state index in [-0.39, 0.29) is 18.4 Å². The van der Waals surface area contributed by atoms with Gasteiger partial charge in [-0.2, -0.15) is 0 Å². The van der Waals surface area contributed by atoms with Crippen molar-refractivity contribution in [2.45, 2.75) is 19.4 Å². The van der Waals surface area contributed by atoms with Crippen LogP contribution in [0.1, 0.15) is 33.4 Å². The molecule has 1 unspecified atom stereocenters. The number of aryl methyl sites for hydroxylation is 1. The summed E-state index contributed by atoms with van der Waals surface area (Å²) >= 11 is 5.91. The smallest absolute Gasteiger partial charge is 0.254 e. The third-order valence-electron chi connectivity index (χ3n) is 3.63. The van der Waals surface area contributed by atoms with Crippen LogP contribution >= 0.6 is 11.6 Å². The lowest BCUT2D eigenvalue weighted by atomic mass is 10.00. The number of methoxy groups -OCH3 is 1. The summed E-state index contributed by atoms with van der Waals surface area (Å²) in [5.74, 6) is 0.0451. The van der Waals surface area contributed by atoms with Gasteiger partial charge in [0.1, 0.15) is 6.61 Å². The van der Waals surface area contributed by atoms with Crippen LogP contribution in [0.5, 0.6) is 0 Å². The lowest BCUT2D eigenvalue weighted by molar-refractivity contribution is 0.0941. The summed E-state index contributed by atoms with van der Waals surface area (Å²) in [6, 6.07) is 7.46. The molecule has 1 aromatic heterocycles. The topological polar surface area (TPSA) is 84.3 Å². The number of benzene rings is 1. The van der Waals surface area contributed by atoms with E-state index in [1.807, 2.05) is 24.3 Å². The second-order valence-electron chi connectivity index (χ2n) is 5.36. The molecule has 7 heteroatoms. The first-order chi connectivity index (χ1) is 11.5. The second-order valence-corrected chi connectivity index (χ2v) is 5.79. The fraction of sp³-hybridized carbons (Fsp3) is 0.353. The van der Waals surface area contributed by atoms with Crippen molar-refractivity contribution in [1.82, 2.24) is 15.3 Å². The molecule has 0 aliphatic heterocycles. The van der Waals surface area contributed by atoms with Crippen LogP contribution in [0.4, 0.5) is 0 Å². The summed E-state index contributed by atoms with van der Waals surface area (Å²) in [7, 11) is 1.62. The van der Waals surface area contributed by atoms with Crippen molar-refractivity contribution < 1.29 is 14.6 Å². The van der Waals surface area contributed by atoms with Crippen LogP contribution in [-0.4, -0.2) is 41.2 Å². The quantitative estimate of drug-likeness (QED) is 0.799. The minimum Gasteiger partial charge on any atom is -0.388 e. The number of aromatic nitrogens is 2. The van der Waals surface area contributed by atoms with Gasteiger partial charge >= 0.3 is 0 Å². The number of ether oxygens (including phenoxy) is 1. The molecule has 0 aliphatic rings. The molecule has 2 N–H and O–H groups in total. The first kappa shape index (κ1) is 18.3. The molecule has 1 heterocycles. The number of aliphatic hydroxyl groups is 1. The molecule has 0 bridgehead atoms. The van der Waals surface area contributed by atoms with Gasteiger partial charge < -0.3 is 15.2 Å². The van der Waals surface area contributed by atoms with E-state index in [0.29, 0.717) is 35.3 Å². The van der Waals surface area contributed by atoms with Crippen molar-refractivity contribution in [3.63, 3.8) is 0 Å². The minimum atomic E-state index is -0.257. The highest BCUT2D eigenvalue weighted by Crippen LogP contribution is 2.18. The Hall–Kier alpha value is -2.02. The number of nitrogens with zero attached hydrogens (tertiary/aromatic N) is 2. The lowest BCUT2D eigenvalue weighted by Crippen LogP contribution is -2.31. The highest BCUT2D eigenvalue weighted by Gasteiger charge is 2.16. The largest absolute Gasteiger partial charge is 0.388 e. The van der Waals surface area contributed by atoms with Crippen LogP contribution in [0.3, 0.4) is 0 Å². The monoisotopic (exact) mass is 349 g/mol. The number of hydrogen-bond donors (Lipinski definition) is 2. The summed E-state index contributed by atoms with van der Waals surface area (Å²) in [5.41, 5.74) is 1.95. The van der Waals surface area contributed by atoms with E-state index in [1.165, 1.54) is 6.20 Å². The Kier molecular flexibility index (Phi) is 6.66. The molecule has 0 saturated carbocycles. The van der Waals surface area contributed by atoms with E-state index in [4.69, 9.17) is 21.4 Å². The fourth-order valence-corrected chi connectivity index (χ4v) is 2.46. The van der Waals surface area contributed by atoms with Crippen LogP contribution in [0.15, 0.2) is 30.5 Å². The zero-order valence-corrected chi connectivity index (χ0v) is 14.4. The predicted molar refractivity (Wildman–Crippen MR) is 91.1 cm³/mol. The molecule has 0 fully saturated rings. The van der Waals surface area contributed by atoms with Crippen LogP contribution < -0.4 is 5.32 Å². The van der Waals surface area contributed by atoms with Crippen molar-refractivity contribution in [3.8, 4) is 0 Å². The van der Waals surface area contributed by atoms with Crippen LogP contribution in [0.2, 0.25) is 5.02 Å². The number of rotatable bonds is 7. The predicted octanol–water partition coefficient (Wildman–Crippen LogP) is 2.09. The Labute approximate surface area is 145 Å². The Morgan fingerprint density at radius 3 is 2.67 bits per heavy atom. The number of carbonyl (C=O) groups excluding carboxylic acids is 1. The zero-order valence-electron chi connectivity index (χ0n) is 13.6. The van der Waals surface area contributed by atoms with E-state index in [9.17, 15) is 4.79 Å². The van der Waals surface area contributed by atoms with Gasteiger partial charge in [-0.05, 0) is 24.6 Å². The first-order valence-corrected chi connectivity index (χ1v) is 7.89. The summed E-state index contributed by atoms with van der Waals surface area (Å²) in [4.78, 5) is 20.4. The fourth-order valence-electron chi connectivity index (χ4n) is 2.33. The van der Waals surface area contributed by atoms with Gasteiger partial charge in [-0.1, -0.05) is 23.7 Å². The zero-order chi connectivity index (χ0) is 17.5. The summed E-state index contributed by atoms with van der Waals surface area (Å²) in [6.07, 6.45) is 1.43. The molecule has 1 amide bonds. The highest BCUT2D eigenvalue weighted by molar-refractivity contribution is 6.30. The number of amides is 1. The Balaban J connectivity index is 2.06. The van der Waals surface area contributed by atoms with Gasteiger partial charge in [-0.3, -0.25) is 4.79 Å². The maximum atomic E-state index is 12.3. The van der Waals surface area contributed by atoms with Crippen LogP contribution in [0.25, 0.3) is 0 Å². The number of halogens is 1. The lowest BCUT2D eigenvalue weighted by Gasteiger charge is -2.17. The SMILES string of the molecule is COCC(CNC(=O)c1cnc(CO)nc1C)c1ccc(Cl)cc1. The Bertz CT molecular complexity index is 692. The van der Waals surface area contributed by atoms with Crippen molar-refractivity contribution in [1.29, 1.82) is 0 Å². The van der Waals surface area contributed by atoms with Gasteiger partial charge in [-0.25, -0.2) is 9.97 Å². The summed E-state index contributed by atoms with van der Waals surface area (Å²) < 4.78 is 5.24. The molecular weight excluding hydrogens is 330 g/mol. The maximum absolute atomic E-state index is 12.3. The van der Waals surface area contributed by atoms with Crippen molar-refractivity contribution in [2.24, 2.45) is 0 Å². The molecule has 0 saturated heterocycles.